The minimum Gasteiger partial charge on any atom is -0.336 e. The Morgan fingerprint density at radius 1 is 1.29 bits per heavy atom. The molecule has 0 atom stereocenters. The molecule has 0 bridgehead atoms. The molecule has 0 aromatic rings. The van der Waals surface area contributed by atoms with Crippen molar-refractivity contribution in [3.63, 3.8) is 0 Å². The van der Waals surface area contributed by atoms with Crippen LogP contribution in [-0.2, 0) is 4.79 Å². The Morgan fingerprint density at radius 3 is 2.21 bits per heavy atom. The van der Waals surface area contributed by atoms with Crippen LogP contribution < -0.4 is 0 Å². The highest BCUT2D eigenvalue weighted by atomic mass is 32.2. The van der Waals surface area contributed by atoms with E-state index in [2.05, 4.69) is 0 Å². The van der Waals surface area contributed by atoms with Gasteiger partial charge in [-0.15, -0.1) is 0 Å². The Balaban J connectivity index is 2.63. The average molecular weight is 231 g/mol. The predicted octanol–water partition coefficient (Wildman–Crippen LogP) is 1.46. The third-order valence-electron chi connectivity index (χ3n) is 1.86. The summed E-state index contributed by atoms with van der Waals surface area (Å²) < 4.78 is 48.8. The van der Waals surface area contributed by atoms with Gasteiger partial charge in [0.2, 0.25) is 0 Å². The quantitative estimate of drug-likeness (QED) is 0.671. The second-order valence-electron chi connectivity index (χ2n) is 2.83. The van der Waals surface area contributed by atoms with Crippen molar-refractivity contribution in [3.05, 3.63) is 0 Å². The lowest BCUT2D eigenvalue weighted by atomic mass is 10.3. The third-order valence-corrected chi connectivity index (χ3v) is 2.80. The van der Waals surface area contributed by atoms with Crippen LogP contribution in [0, 0.1) is 0 Å². The van der Waals surface area contributed by atoms with Gasteiger partial charge in [-0.2, -0.15) is 20.5 Å². The van der Waals surface area contributed by atoms with Gasteiger partial charge < -0.3 is 4.90 Å². The number of alkyl halides is 4. The molecule has 0 aliphatic carbocycles. The highest BCUT2D eigenvalue weighted by molar-refractivity contribution is 7.99. The normalized spacial score (nSPS) is 18.8. The molecule has 1 aliphatic rings. The lowest BCUT2D eigenvalue weighted by Crippen LogP contribution is -2.50. The van der Waals surface area contributed by atoms with E-state index in [1.165, 1.54) is 11.8 Å². The van der Waals surface area contributed by atoms with Gasteiger partial charge >= 0.3 is 12.3 Å². The van der Waals surface area contributed by atoms with E-state index in [1.54, 1.807) is 0 Å². The first-order valence-electron chi connectivity index (χ1n) is 3.99. The second-order valence-corrected chi connectivity index (χ2v) is 4.05. The number of halogens is 4. The van der Waals surface area contributed by atoms with Gasteiger partial charge in [-0.3, -0.25) is 4.79 Å². The highest BCUT2D eigenvalue weighted by Crippen LogP contribution is 2.26. The molecule has 7 heteroatoms. The van der Waals surface area contributed by atoms with E-state index in [4.69, 9.17) is 0 Å². The molecular weight excluding hydrogens is 222 g/mol. The van der Waals surface area contributed by atoms with Crippen molar-refractivity contribution in [1.82, 2.24) is 4.90 Å². The van der Waals surface area contributed by atoms with Crippen LogP contribution in [0.25, 0.3) is 0 Å². The Morgan fingerprint density at radius 2 is 1.79 bits per heavy atom. The molecule has 0 aromatic carbocycles. The van der Waals surface area contributed by atoms with Crippen molar-refractivity contribution >= 4 is 17.7 Å². The molecule has 0 aromatic heterocycles. The summed E-state index contributed by atoms with van der Waals surface area (Å²) in [6, 6.07) is 0. The highest BCUT2D eigenvalue weighted by Gasteiger charge is 2.51. The lowest BCUT2D eigenvalue weighted by Gasteiger charge is -2.29. The molecule has 0 spiro atoms. The smallest absolute Gasteiger partial charge is 0.336 e. The van der Waals surface area contributed by atoms with Crippen LogP contribution in [0.4, 0.5) is 17.6 Å². The van der Waals surface area contributed by atoms with E-state index in [-0.39, 0.29) is 13.1 Å². The van der Waals surface area contributed by atoms with Gasteiger partial charge in [-0.05, 0) is 0 Å². The molecule has 1 aliphatic heterocycles. The fraction of sp³-hybridized carbons (Fsp3) is 0.857. The summed E-state index contributed by atoms with van der Waals surface area (Å²) in [7, 11) is 0. The third kappa shape index (κ3) is 2.31. The van der Waals surface area contributed by atoms with E-state index in [9.17, 15) is 22.4 Å². The standard InChI is InChI=1S/C7H9F4NOS/c8-5(9)7(10,11)6(13)12-1-3-14-4-2-12/h5H,1-4H2. The van der Waals surface area contributed by atoms with Gasteiger partial charge in [0.05, 0.1) is 0 Å². The summed E-state index contributed by atoms with van der Waals surface area (Å²) in [5.74, 6) is -5.26. The maximum Gasteiger partial charge on any atom is 0.383 e. The van der Waals surface area contributed by atoms with Gasteiger partial charge in [0.15, 0.2) is 0 Å². The van der Waals surface area contributed by atoms with Gasteiger partial charge in [0.25, 0.3) is 5.91 Å². The molecular formula is C7H9F4NOS. The summed E-state index contributed by atoms with van der Waals surface area (Å²) in [4.78, 5) is 11.7. The minimum atomic E-state index is -4.54. The monoisotopic (exact) mass is 231 g/mol. The lowest BCUT2D eigenvalue weighted by molar-refractivity contribution is -0.180. The van der Waals surface area contributed by atoms with E-state index in [0.717, 1.165) is 4.90 Å². The average Bonchev–Trinajstić information content (AvgIpc) is 2.17. The summed E-state index contributed by atoms with van der Waals surface area (Å²) in [5.41, 5.74) is 0. The zero-order valence-electron chi connectivity index (χ0n) is 7.18. The number of hydrogen-bond acceptors (Lipinski definition) is 2. The summed E-state index contributed by atoms with van der Waals surface area (Å²) in [6.07, 6.45) is -3.93. The number of thioether (sulfide) groups is 1. The van der Waals surface area contributed by atoms with Crippen LogP contribution in [0.3, 0.4) is 0 Å². The fourth-order valence-electron chi connectivity index (χ4n) is 1.07. The van der Waals surface area contributed by atoms with Crippen LogP contribution in [-0.4, -0.2) is 47.8 Å². The van der Waals surface area contributed by atoms with Crippen LogP contribution >= 0.6 is 11.8 Å². The second kappa shape index (κ2) is 4.37. The van der Waals surface area contributed by atoms with Gasteiger partial charge in [-0.25, -0.2) is 8.78 Å². The summed E-state index contributed by atoms with van der Waals surface area (Å²) >= 11 is 1.51. The van der Waals surface area contributed by atoms with Crippen molar-refractivity contribution in [2.45, 2.75) is 12.3 Å². The van der Waals surface area contributed by atoms with Crippen LogP contribution in [0.1, 0.15) is 0 Å². The van der Waals surface area contributed by atoms with E-state index in [0.29, 0.717) is 11.5 Å². The number of carbonyl (C=O) groups is 1. The Kier molecular flexibility index (Phi) is 3.63. The number of amides is 1. The summed E-state index contributed by atoms with van der Waals surface area (Å²) in [5, 5.41) is 0. The number of hydrogen-bond donors (Lipinski definition) is 0. The molecule has 1 amide bonds. The predicted molar refractivity (Wildman–Crippen MR) is 44.9 cm³/mol. The molecule has 1 fully saturated rings. The first kappa shape index (κ1) is 11.6. The maximum absolute atomic E-state index is 12.6. The van der Waals surface area contributed by atoms with Crippen molar-refractivity contribution in [3.8, 4) is 0 Å². The van der Waals surface area contributed by atoms with Crippen LogP contribution in [0.15, 0.2) is 0 Å². The van der Waals surface area contributed by atoms with Crippen molar-refractivity contribution in [2.75, 3.05) is 24.6 Å². The molecule has 0 unspecified atom stereocenters. The van der Waals surface area contributed by atoms with Gasteiger partial charge in [-0.1, -0.05) is 0 Å². The van der Waals surface area contributed by atoms with Gasteiger partial charge in [0.1, 0.15) is 0 Å². The number of rotatable bonds is 2. The first-order chi connectivity index (χ1) is 6.46. The zero-order valence-corrected chi connectivity index (χ0v) is 8.00. The fourth-order valence-corrected chi connectivity index (χ4v) is 1.97. The van der Waals surface area contributed by atoms with Crippen molar-refractivity contribution in [1.29, 1.82) is 0 Å². The topological polar surface area (TPSA) is 20.3 Å². The Bertz CT molecular complexity index is 218. The Labute approximate surface area is 82.6 Å². The maximum atomic E-state index is 12.6. The molecule has 0 saturated carbocycles. The molecule has 14 heavy (non-hydrogen) atoms. The zero-order chi connectivity index (χ0) is 10.8. The van der Waals surface area contributed by atoms with E-state index in [1.807, 2.05) is 0 Å². The van der Waals surface area contributed by atoms with Crippen LogP contribution in [0.5, 0.6) is 0 Å². The largest absolute Gasteiger partial charge is 0.383 e. The Hall–Kier alpha value is -0.460. The molecule has 1 saturated heterocycles. The number of nitrogens with zero attached hydrogens (tertiary/aromatic N) is 1. The first-order valence-corrected chi connectivity index (χ1v) is 5.15. The molecule has 2 nitrogen and oxygen atoms in total. The van der Waals surface area contributed by atoms with Crippen molar-refractivity contribution < 1.29 is 22.4 Å². The number of carbonyl (C=O) groups excluding carboxylic acids is 1. The molecule has 0 N–H and O–H groups in total. The molecule has 82 valence electrons. The molecule has 0 radical (unpaired) electrons. The molecule has 1 rings (SSSR count). The van der Waals surface area contributed by atoms with Crippen molar-refractivity contribution in [2.24, 2.45) is 0 Å². The van der Waals surface area contributed by atoms with Gasteiger partial charge in [0, 0.05) is 24.6 Å². The SMILES string of the molecule is O=C(N1CCSCC1)C(F)(F)C(F)F. The van der Waals surface area contributed by atoms with E-state index < -0.39 is 18.3 Å². The van der Waals surface area contributed by atoms with E-state index >= 15 is 0 Å². The molecule has 1 heterocycles. The summed E-state index contributed by atoms with van der Waals surface area (Å²) in [6.45, 7) is 0.234. The minimum absolute atomic E-state index is 0.117. The van der Waals surface area contributed by atoms with Crippen LogP contribution in [0.2, 0.25) is 0 Å².